The van der Waals surface area contributed by atoms with Crippen molar-refractivity contribution in [2.24, 2.45) is 0 Å². The Morgan fingerprint density at radius 2 is 1.96 bits per heavy atom. The molecule has 0 N–H and O–H groups in total. The SMILES string of the molecule is COC(=O)C1CN(C(=O)C(C)Oc2ccc(Cl)cc2Cl)c2ccccc2O1. The second-order valence-electron chi connectivity index (χ2n) is 5.88. The number of hydrogen-bond donors (Lipinski definition) is 0. The van der Waals surface area contributed by atoms with Crippen LogP contribution in [0.5, 0.6) is 11.5 Å². The zero-order valence-corrected chi connectivity index (χ0v) is 16.2. The third-order valence-electron chi connectivity index (χ3n) is 4.05. The van der Waals surface area contributed by atoms with Crippen molar-refractivity contribution in [1.29, 1.82) is 0 Å². The second kappa shape index (κ2) is 8.06. The molecule has 2 atom stereocenters. The number of methoxy groups -OCH3 is 1. The van der Waals surface area contributed by atoms with E-state index in [1.54, 1.807) is 43.3 Å². The Balaban J connectivity index is 1.84. The van der Waals surface area contributed by atoms with E-state index >= 15 is 0 Å². The molecule has 1 heterocycles. The molecular formula is C19H17Cl2NO5. The van der Waals surface area contributed by atoms with Gasteiger partial charge in [-0.2, -0.15) is 0 Å². The Bertz CT molecular complexity index is 873. The fourth-order valence-electron chi connectivity index (χ4n) is 2.73. The first-order valence-electron chi connectivity index (χ1n) is 8.17. The van der Waals surface area contributed by atoms with Crippen LogP contribution in [0, 0.1) is 0 Å². The minimum absolute atomic E-state index is 0.0184. The summed E-state index contributed by atoms with van der Waals surface area (Å²) in [5.74, 6) is -0.139. The summed E-state index contributed by atoms with van der Waals surface area (Å²) in [7, 11) is 1.27. The molecule has 2 unspecified atom stereocenters. The first-order valence-corrected chi connectivity index (χ1v) is 8.93. The predicted octanol–water partition coefficient (Wildman–Crippen LogP) is 3.73. The van der Waals surface area contributed by atoms with Crippen molar-refractivity contribution in [1.82, 2.24) is 0 Å². The molecular weight excluding hydrogens is 393 g/mol. The van der Waals surface area contributed by atoms with Gasteiger partial charge in [0.25, 0.3) is 5.91 Å². The number of hydrogen-bond acceptors (Lipinski definition) is 5. The summed E-state index contributed by atoms with van der Waals surface area (Å²) in [5.41, 5.74) is 0.556. The van der Waals surface area contributed by atoms with Crippen molar-refractivity contribution in [2.75, 3.05) is 18.6 Å². The molecule has 0 fully saturated rings. The summed E-state index contributed by atoms with van der Waals surface area (Å²) in [4.78, 5) is 26.4. The summed E-state index contributed by atoms with van der Waals surface area (Å²) in [5, 5.41) is 0.770. The summed E-state index contributed by atoms with van der Waals surface area (Å²) in [6.45, 7) is 1.63. The first kappa shape index (κ1) is 19.3. The third-order valence-corrected chi connectivity index (χ3v) is 4.58. The van der Waals surface area contributed by atoms with Gasteiger partial charge in [-0.3, -0.25) is 4.79 Å². The Morgan fingerprint density at radius 3 is 2.67 bits per heavy atom. The first-order chi connectivity index (χ1) is 12.9. The van der Waals surface area contributed by atoms with Crippen LogP contribution >= 0.6 is 23.2 Å². The number of benzene rings is 2. The van der Waals surface area contributed by atoms with E-state index in [4.69, 9.17) is 37.4 Å². The smallest absolute Gasteiger partial charge is 0.348 e. The number of para-hydroxylation sites is 2. The minimum Gasteiger partial charge on any atom is -0.479 e. The van der Waals surface area contributed by atoms with Crippen LogP contribution in [0.1, 0.15) is 6.92 Å². The molecule has 1 aliphatic rings. The Kier molecular flexibility index (Phi) is 5.77. The van der Waals surface area contributed by atoms with Crippen LogP contribution in [0.3, 0.4) is 0 Å². The highest BCUT2D eigenvalue weighted by molar-refractivity contribution is 6.35. The van der Waals surface area contributed by atoms with E-state index in [-0.39, 0.29) is 12.5 Å². The number of ether oxygens (including phenoxy) is 3. The van der Waals surface area contributed by atoms with E-state index < -0.39 is 18.2 Å². The van der Waals surface area contributed by atoms with Gasteiger partial charge in [0.15, 0.2) is 6.10 Å². The van der Waals surface area contributed by atoms with Crippen LogP contribution in [-0.4, -0.2) is 37.7 Å². The zero-order chi connectivity index (χ0) is 19.6. The molecule has 6 nitrogen and oxygen atoms in total. The van der Waals surface area contributed by atoms with Crippen LogP contribution in [-0.2, 0) is 14.3 Å². The molecule has 0 bridgehead atoms. The predicted molar refractivity (Wildman–Crippen MR) is 102 cm³/mol. The molecule has 2 aromatic rings. The maximum Gasteiger partial charge on any atom is 0.348 e. The Morgan fingerprint density at radius 1 is 1.22 bits per heavy atom. The maximum absolute atomic E-state index is 13.0. The molecule has 0 aromatic heterocycles. The van der Waals surface area contributed by atoms with Crippen molar-refractivity contribution < 1.29 is 23.8 Å². The number of anilines is 1. The fourth-order valence-corrected chi connectivity index (χ4v) is 3.18. The highest BCUT2D eigenvalue weighted by atomic mass is 35.5. The molecule has 27 heavy (non-hydrogen) atoms. The summed E-state index contributed by atoms with van der Waals surface area (Å²) in [6.07, 6.45) is -1.77. The number of rotatable bonds is 4. The monoisotopic (exact) mass is 409 g/mol. The van der Waals surface area contributed by atoms with Gasteiger partial charge in [0.2, 0.25) is 6.10 Å². The molecule has 1 aliphatic heterocycles. The molecule has 0 saturated carbocycles. The van der Waals surface area contributed by atoms with Crippen molar-refractivity contribution in [3.05, 3.63) is 52.5 Å². The lowest BCUT2D eigenvalue weighted by Gasteiger charge is -2.34. The van der Waals surface area contributed by atoms with Crippen molar-refractivity contribution in [2.45, 2.75) is 19.1 Å². The van der Waals surface area contributed by atoms with E-state index in [0.29, 0.717) is 27.2 Å². The lowest BCUT2D eigenvalue weighted by molar-refractivity contribution is -0.148. The highest BCUT2D eigenvalue weighted by Gasteiger charge is 2.36. The van der Waals surface area contributed by atoms with Crippen LogP contribution in [0.15, 0.2) is 42.5 Å². The van der Waals surface area contributed by atoms with Gasteiger partial charge >= 0.3 is 5.97 Å². The number of fused-ring (bicyclic) bond motifs is 1. The molecule has 8 heteroatoms. The summed E-state index contributed by atoms with van der Waals surface area (Å²) >= 11 is 12.0. The largest absolute Gasteiger partial charge is 0.479 e. The number of halogens is 2. The van der Waals surface area contributed by atoms with Crippen molar-refractivity contribution >= 4 is 40.8 Å². The normalized spacial score (nSPS) is 16.7. The lowest BCUT2D eigenvalue weighted by Crippen LogP contribution is -2.51. The molecule has 0 radical (unpaired) electrons. The molecule has 1 amide bonds. The van der Waals surface area contributed by atoms with Gasteiger partial charge in [0.1, 0.15) is 11.5 Å². The van der Waals surface area contributed by atoms with Crippen LogP contribution in [0.4, 0.5) is 5.69 Å². The molecule has 2 aromatic carbocycles. The topological polar surface area (TPSA) is 65.1 Å². The zero-order valence-electron chi connectivity index (χ0n) is 14.6. The number of carbonyl (C=O) groups excluding carboxylic acids is 2. The van der Waals surface area contributed by atoms with Crippen LogP contribution in [0.25, 0.3) is 0 Å². The summed E-state index contributed by atoms with van der Waals surface area (Å²) in [6, 6.07) is 11.7. The quantitative estimate of drug-likeness (QED) is 0.719. The Labute approximate surface area is 166 Å². The van der Waals surface area contributed by atoms with Crippen LogP contribution < -0.4 is 14.4 Å². The van der Waals surface area contributed by atoms with Gasteiger partial charge in [-0.25, -0.2) is 4.79 Å². The lowest BCUT2D eigenvalue weighted by atomic mass is 10.1. The molecule has 142 valence electrons. The van der Waals surface area contributed by atoms with Crippen molar-refractivity contribution in [3.8, 4) is 11.5 Å². The average molecular weight is 410 g/mol. The summed E-state index contributed by atoms with van der Waals surface area (Å²) < 4.78 is 16.1. The van der Waals surface area contributed by atoms with Crippen molar-refractivity contribution in [3.63, 3.8) is 0 Å². The van der Waals surface area contributed by atoms with Gasteiger partial charge in [-0.15, -0.1) is 0 Å². The molecule has 0 saturated heterocycles. The van der Waals surface area contributed by atoms with Crippen LogP contribution in [0.2, 0.25) is 10.0 Å². The minimum atomic E-state index is -0.917. The highest BCUT2D eigenvalue weighted by Crippen LogP contribution is 2.34. The Hall–Kier alpha value is -2.44. The molecule has 3 rings (SSSR count). The molecule has 0 aliphatic carbocycles. The number of carbonyl (C=O) groups is 2. The van der Waals surface area contributed by atoms with Gasteiger partial charge in [-0.05, 0) is 37.3 Å². The van der Waals surface area contributed by atoms with E-state index in [1.807, 2.05) is 0 Å². The van der Waals surface area contributed by atoms with Gasteiger partial charge in [0, 0.05) is 5.02 Å². The van der Waals surface area contributed by atoms with E-state index in [1.165, 1.54) is 18.1 Å². The maximum atomic E-state index is 13.0. The van der Waals surface area contributed by atoms with Gasteiger partial charge in [0.05, 0.1) is 24.4 Å². The van der Waals surface area contributed by atoms with E-state index in [9.17, 15) is 9.59 Å². The molecule has 0 spiro atoms. The van der Waals surface area contributed by atoms with E-state index in [2.05, 4.69) is 0 Å². The number of esters is 1. The average Bonchev–Trinajstić information content (AvgIpc) is 2.67. The standard InChI is InChI=1S/C19H17Cl2NO5/c1-11(26-15-8-7-12(20)9-13(15)21)18(23)22-10-17(19(24)25-2)27-16-6-4-3-5-14(16)22/h3-9,11,17H,10H2,1-2H3. The van der Waals surface area contributed by atoms with Gasteiger partial charge in [-0.1, -0.05) is 35.3 Å². The van der Waals surface area contributed by atoms with Gasteiger partial charge < -0.3 is 19.1 Å². The number of amides is 1. The fraction of sp³-hybridized carbons (Fsp3) is 0.263. The van der Waals surface area contributed by atoms with E-state index in [0.717, 1.165) is 0 Å². The third kappa shape index (κ3) is 4.12. The second-order valence-corrected chi connectivity index (χ2v) is 6.72. The number of nitrogens with zero attached hydrogens (tertiary/aromatic N) is 1.